The van der Waals surface area contributed by atoms with Crippen LogP contribution in [-0.4, -0.2) is 23.7 Å². The summed E-state index contributed by atoms with van der Waals surface area (Å²) in [5, 5.41) is 20.8. The molecule has 1 aromatic heterocycles. The second kappa shape index (κ2) is 4.62. The molecule has 5 heteroatoms. The van der Waals surface area contributed by atoms with Crippen molar-refractivity contribution in [1.29, 1.82) is 0 Å². The van der Waals surface area contributed by atoms with E-state index < -0.39 is 7.12 Å². The lowest BCUT2D eigenvalue weighted by Gasteiger charge is -1.96. The van der Waals surface area contributed by atoms with Gasteiger partial charge in [-0.15, -0.1) is 11.3 Å². The highest BCUT2D eigenvalue weighted by molar-refractivity contribution is 7.22. The van der Waals surface area contributed by atoms with Gasteiger partial charge in [0.05, 0.1) is 0 Å². The zero-order valence-electron chi connectivity index (χ0n) is 6.95. The van der Waals surface area contributed by atoms with E-state index in [4.69, 9.17) is 10.0 Å². The average Bonchev–Trinajstić information content (AvgIpc) is 2.48. The van der Waals surface area contributed by atoms with E-state index in [1.54, 1.807) is 6.07 Å². The molecular formula is C7H12BNO2S. The summed E-state index contributed by atoms with van der Waals surface area (Å²) in [6, 6.07) is 3.64. The van der Waals surface area contributed by atoms with Gasteiger partial charge in [-0.3, -0.25) is 0 Å². The molecule has 0 aromatic carbocycles. The van der Waals surface area contributed by atoms with Crippen LogP contribution >= 0.6 is 11.3 Å². The molecule has 66 valence electrons. The molecule has 0 unspecified atom stereocenters. The van der Waals surface area contributed by atoms with Crippen molar-refractivity contribution in [1.82, 2.24) is 5.32 Å². The Kier molecular flexibility index (Phi) is 3.74. The van der Waals surface area contributed by atoms with Gasteiger partial charge in [-0.25, -0.2) is 0 Å². The van der Waals surface area contributed by atoms with E-state index in [-0.39, 0.29) is 0 Å². The van der Waals surface area contributed by atoms with Crippen molar-refractivity contribution in [3.63, 3.8) is 0 Å². The van der Waals surface area contributed by atoms with E-state index in [2.05, 4.69) is 5.32 Å². The molecule has 0 saturated carbocycles. The quantitative estimate of drug-likeness (QED) is 0.556. The predicted molar refractivity (Wildman–Crippen MR) is 51.5 cm³/mol. The number of hydrogen-bond acceptors (Lipinski definition) is 4. The zero-order chi connectivity index (χ0) is 8.97. The molecule has 1 rings (SSSR count). The van der Waals surface area contributed by atoms with E-state index >= 15 is 0 Å². The molecule has 1 heterocycles. The van der Waals surface area contributed by atoms with Crippen LogP contribution in [0.5, 0.6) is 0 Å². The highest BCUT2D eigenvalue weighted by atomic mass is 32.1. The van der Waals surface area contributed by atoms with Gasteiger partial charge in [-0.1, -0.05) is 13.0 Å². The molecule has 0 aliphatic heterocycles. The number of thiophene rings is 1. The lowest BCUT2D eigenvalue weighted by molar-refractivity contribution is 0.427. The number of rotatable bonds is 4. The second-order valence-corrected chi connectivity index (χ2v) is 3.66. The first-order chi connectivity index (χ1) is 5.74. The summed E-state index contributed by atoms with van der Waals surface area (Å²) >= 11 is 1.42. The molecule has 0 bridgehead atoms. The Labute approximate surface area is 76.2 Å². The minimum atomic E-state index is -1.33. The Bertz CT molecular complexity index is 239. The molecule has 0 radical (unpaired) electrons. The summed E-state index contributed by atoms with van der Waals surface area (Å²) in [4.78, 5) is 1.12. The maximum atomic E-state index is 8.81. The van der Waals surface area contributed by atoms with Crippen LogP contribution < -0.4 is 10.1 Å². The first-order valence-corrected chi connectivity index (χ1v) is 4.71. The van der Waals surface area contributed by atoms with Gasteiger partial charge < -0.3 is 15.4 Å². The van der Waals surface area contributed by atoms with Crippen LogP contribution in [0.2, 0.25) is 0 Å². The first-order valence-electron chi connectivity index (χ1n) is 3.89. The Morgan fingerprint density at radius 1 is 1.50 bits per heavy atom. The van der Waals surface area contributed by atoms with Gasteiger partial charge in [0.25, 0.3) is 0 Å². The molecule has 1 aromatic rings. The van der Waals surface area contributed by atoms with Crippen LogP contribution in [0.15, 0.2) is 12.1 Å². The molecular weight excluding hydrogens is 173 g/mol. The molecule has 0 spiro atoms. The molecule has 0 saturated heterocycles. The molecule has 12 heavy (non-hydrogen) atoms. The minimum Gasteiger partial charge on any atom is -0.423 e. The highest BCUT2D eigenvalue weighted by Gasteiger charge is 2.12. The van der Waals surface area contributed by atoms with Gasteiger partial charge in [-0.2, -0.15) is 0 Å². The normalized spacial score (nSPS) is 10.2. The summed E-state index contributed by atoms with van der Waals surface area (Å²) in [6.07, 6.45) is 0. The van der Waals surface area contributed by atoms with E-state index in [1.165, 1.54) is 11.3 Å². The largest absolute Gasteiger partial charge is 0.499 e. The third-order valence-corrected chi connectivity index (χ3v) is 2.61. The summed E-state index contributed by atoms with van der Waals surface area (Å²) < 4.78 is 0.600. The number of hydrogen-bond donors (Lipinski definition) is 3. The SMILES string of the molecule is CCNCc1ccc(B(O)O)s1. The fourth-order valence-electron chi connectivity index (χ4n) is 0.876. The Hall–Kier alpha value is -0.355. The van der Waals surface area contributed by atoms with Gasteiger partial charge in [0.1, 0.15) is 0 Å². The van der Waals surface area contributed by atoms with E-state index in [1.807, 2.05) is 13.0 Å². The van der Waals surface area contributed by atoms with Crippen LogP contribution in [0.25, 0.3) is 0 Å². The zero-order valence-corrected chi connectivity index (χ0v) is 7.77. The van der Waals surface area contributed by atoms with E-state index in [0.29, 0.717) is 4.78 Å². The molecule has 0 aliphatic rings. The fraction of sp³-hybridized carbons (Fsp3) is 0.429. The summed E-state index contributed by atoms with van der Waals surface area (Å²) in [7, 11) is -1.33. The second-order valence-electron chi connectivity index (χ2n) is 2.46. The van der Waals surface area contributed by atoms with Crippen molar-refractivity contribution in [3.8, 4) is 0 Å². The Morgan fingerprint density at radius 3 is 2.75 bits per heavy atom. The van der Waals surface area contributed by atoms with Crippen molar-refractivity contribution >= 4 is 23.2 Å². The topological polar surface area (TPSA) is 52.5 Å². The maximum absolute atomic E-state index is 8.81. The summed E-state index contributed by atoms with van der Waals surface area (Å²) in [6.45, 7) is 3.76. The van der Waals surface area contributed by atoms with Crippen LogP contribution in [0.4, 0.5) is 0 Å². The Morgan fingerprint density at radius 2 is 2.25 bits per heavy atom. The lowest BCUT2D eigenvalue weighted by Crippen LogP contribution is -2.26. The standard InChI is InChI=1S/C7H12BNO2S/c1-2-9-5-6-3-4-7(12-6)8(10)11/h3-4,9-11H,2,5H2,1H3. The first kappa shape index (κ1) is 9.73. The van der Waals surface area contributed by atoms with E-state index in [9.17, 15) is 0 Å². The van der Waals surface area contributed by atoms with Crippen LogP contribution in [-0.2, 0) is 6.54 Å². The van der Waals surface area contributed by atoms with Crippen LogP contribution in [0.3, 0.4) is 0 Å². The molecule has 3 nitrogen and oxygen atoms in total. The van der Waals surface area contributed by atoms with Crippen molar-refractivity contribution in [3.05, 3.63) is 17.0 Å². The summed E-state index contributed by atoms with van der Waals surface area (Å²) in [5.74, 6) is 0. The van der Waals surface area contributed by atoms with Crippen molar-refractivity contribution in [2.45, 2.75) is 13.5 Å². The van der Waals surface area contributed by atoms with Gasteiger partial charge in [-0.05, 0) is 12.6 Å². The van der Waals surface area contributed by atoms with Gasteiger partial charge in [0.15, 0.2) is 0 Å². The monoisotopic (exact) mass is 185 g/mol. The smallest absolute Gasteiger partial charge is 0.423 e. The molecule has 0 fully saturated rings. The van der Waals surface area contributed by atoms with E-state index in [0.717, 1.165) is 18.0 Å². The molecule has 0 amide bonds. The molecule has 0 aliphatic carbocycles. The van der Waals surface area contributed by atoms with Gasteiger partial charge >= 0.3 is 7.12 Å². The third-order valence-electron chi connectivity index (χ3n) is 1.49. The van der Waals surface area contributed by atoms with Gasteiger partial charge in [0.2, 0.25) is 0 Å². The molecule has 3 N–H and O–H groups in total. The lowest BCUT2D eigenvalue weighted by atomic mass is 9.90. The van der Waals surface area contributed by atoms with Crippen molar-refractivity contribution in [2.24, 2.45) is 0 Å². The van der Waals surface area contributed by atoms with Crippen LogP contribution in [0, 0.1) is 0 Å². The average molecular weight is 185 g/mol. The van der Waals surface area contributed by atoms with Crippen LogP contribution in [0.1, 0.15) is 11.8 Å². The predicted octanol–water partition coefficient (Wildman–Crippen LogP) is -0.463. The maximum Gasteiger partial charge on any atom is 0.499 e. The van der Waals surface area contributed by atoms with Gasteiger partial charge in [0, 0.05) is 16.2 Å². The minimum absolute atomic E-state index is 0.600. The highest BCUT2D eigenvalue weighted by Crippen LogP contribution is 2.06. The molecule has 0 atom stereocenters. The summed E-state index contributed by atoms with van der Waals surface area (Å²) in [5.41, 5.74) is 0. The van der Waals surface area contributed by atoms with Crippen molar-refractivity contribution in [2.75, 3.05) is 6.54 Å². The van der Waals surface area contributed by atoms with Crippen molar-refractivity contribution < 1.29 is 10.0 Å². The third kappa shape index (κ3) is 2.60. The fourth-order valence-corrected chi connectivity index (χ4v) is 1.73. The number of nitrogens with one attached hydrogen (secondary N) is 1. The Balaban J connectivity index is 2.52.